The quantitative estimate of drug-likeness (QED) is 0.0934. The Labute approximate surface area is 283 Å². The van der Waals surface area contributed by atoms with Gasteiger partial charge in [0, 0.05) is 21.3 Å². The van der Waals surface area contributed by atoms with Crippen LogP contribution in [-0.2, 0) is 18.0 Å². The number of nitriles is 1. The molecule has 0 bridgehead atoms. The monoisotopic (exact) mass is 766 g/mol. The number of nitrogens with one attached hydrogen (secondary N) is 1. The molecule has 0 fully saturated rings. The molecule has 0 saturated heterocycles. The van der Waals surface area contributed by atoms with Crippen LogP contribution in [0.15, 0.2) is 78.4 Å². The molecule has 1 amide bonds. The second kappa shape index (κ2) is 15.6. The van der Waals surface area contributed by atoms with Crippen molar-refractivity contribution in [2.24, 2.45) is 0 Å². The Balaban J connectivity index is 1.44. The average Bonchev–Trinajstić information content (AvgIpc) is 2.97. The van der Waals surface area contributed by atoms with Gasteiger partial charge in [0.1, 0.15) is 30.6 Å². The van der Waals surface area contributed by atoms with Gasteiger partial charge in [-0.25, -0.2) is 0 Å². The topological polar surface area (TPSA) is 80.6 Å². The van der Waals surface area contributed by atoms with Crippen molar-refractivity contribution in [1.29, 1.82) is 5.26 Å². The number of amides is 1. The van der Waals surface area contributed by atoms with Gasteiger partial charge in [0.05, 0.1) is 20.2 Å². The lowest BCUT2D eigenvalue weighted by Crippen LogP contribution is -2.13. The lowest BCUT2D eigenvalue weighted by Gasteiger charge is -2.15. The molecule has 6 nitrogen and oxygen atoms in total. The van der Waals surface area contributed by atoms with Gasteiger partial charge in [-0.3, -0.25) is 4.79 Å². The van der Waals surface area contributed by atoms with Gasteiger partial charge in [-0.1, -0.05) is 58.5 Å². The predicted octanol–water partition coefficient (Wildman–Crippen LogP) is 10.0. The van der Waals surface area contributed by atoms with Gasteiger partial charge >= 0.3 is 0 Å². The summed E-state index contributed by atoms with van der Waals surface area (Å²) >= 11 is 26.4. The molecule has 0 aromatic heterocycles. The molecule has 220 valence electrons. The molecule has 4 aromatic rings. The number of ether oxygens (including phenoxy) is 3. The predicted molar refractivity (Wildman–Crippen MR) is 181 cm³/mol. The Bertz CT molecular complexity index is 1710. The molecule has 11 heteroatoms. The molecule has 0 atom stereocenters. The van der Waals surface area contributed by atoms with E-state index < -0.39 is 5.91 Å². The normalized spacial score (nSPS) is 11.0. The van der Waals surface area contributed by atoms with Crippen molar-refractivity contribution in [2.45, 2.75) is 20.1 Å². The van der Waals surface area contributed by atoms with Crippen LogP contribution in [-0.4, -0.2) is 12.5 Å². The molecule has 0 aliphatic heterocycles. The van der Waals surface area contributed by atoms with E-state index in [1.165, 1.54) is 6.08 Å². The minimum Gasteiger partial charge on any atom is -0.490 e. The number of rotatable bonds is 11. The van der Waals surface area contributed by atoms with Crippen LogP contribution in [0.3, 0.4) is 0 Å². The van der Waals surface area contributed by atoms with Gasteiger partial charge in [0.2, 0.25) is 0 Å². The van der Waals surface area contributed by atoms with Crippen LogP contribution in [0.5, 0.6) is 17.2 Å². The molecule has 0 unspecified atom stereocenters. The second-order valence-corrected chi connectivity index (χ2v) is 11.8. The molecule has 0 aliphatic rings. The van der Waals surface area contributed by atoms with Crippen molar-refractivity contribution in [2.75, 3.05) is 11.9 Å². The minimum atomic E-state index is -0.558. The number of hydrogen-bond acceptors (Lipinski definition) is 5. The Morgan fingerprint density at radius 3 is 2.33 bits per heavy atom. The van der Waals surface area contributed by atoms with E-state index in [0.717, 1.165) is 14.7 Å². The summed E-state index contributed by atoms with van der Waals surface area (Å²) in [6, 6.07) is 22.8. The number of halogens is 5. The Morgan fingerprint density at radius 2 is 1.65 bits per heavy atom. The summed E-state index contributed by atoms with van der Waals surface area (Å²) in [6.07, 6.45) is 1.50. The lowest BCUT2D eigenvalue weighted by atomic mass is 10.1. The number of carbonyl (C=O) groups is 1. The van der Waals surface area contributed by atoms with Gasteiger partial charge in [-0.2, -0.15) is 5.26 Å². The molecule has 0 radical (unpaired) electrons. The van der Waals surface area contributed by atoms with E-state index in [2.05, 4.69) is 27.9 Å². The number of hydrogen-bond donors (Lipinski definition) is 1. The largest absolute Gasteiger partial charge is 0.490 e. The van der Waals surface area contributed by atoms with E-state index in [0.29, 0.717) is 55.2 Å². The third-order valence-electron chi connectivity index (χ3n) is 5.90. The first-order valence-electron chi connectivity index (χ1n) is 12.8. The van der Waals surface area contributed by atoms with E-state index in [-0.39, 0.29) is 18.8 Å². The van der Waals surface area contributed by atoms with Crippen LogP contribution in [0, 0.1) is 14.9 Å². The summed E-state index contributed by atoms with van der Waals surface area (Å²) in [5.74, 6) is 1.04. The highest BCUT2D eigenvalue weighted by molar-refractivity contribution is 14.1. The van der Waals surface area contributed by atoms with E-state index in [9.17, 15) is 10.1 Å². The Kier molecular flexibility index (Phi) is 11.9. The summed E-state index contributed by atoms with van der Waals surface area (Å²) in [5.41, 5.74) is 2.65. The van der Waals surface area contributed by atoms with Crippen molar-refractivity contribution in [3.63, 3.8) is 0 Å². The van der Waals surface area contributed by atoms with Crippen molar-refractivity contribution in [3.8, 4) is 23.3 Å². The minimum absolute atomic E-state index is 0.0829. The maximum absolute atomic E-state index is 12.9. The fourth-order valence-corrected chi connectivity index (χ4v) is 5.37. The summed E-state index contributed by atoms with van der Waals surface area (Å²) in [6.45, 7) is 2.75. The lowest BCUT2D eigenvalue weighted by molar-refractivity contribution is -0.112. The Hall–Kier alpha value is -3.13. The van der Waals surface area contributed by atoms with Crippen molar-refractivity contribution in [3.05, 3.63) is 119 Å². The zero-order valence-corrected chi connectivity index (χ0v) is 27.8. The van der Waals surface area contributed by atoms with Crippen molar-refractivity contribution in [1.82, 2.24) is 0 Å². The summed E-state index contributed by atoms with van der Waals surface area (Å²) in [4.78, 5) is 12.9. The van der Waals surface area contributed by atoms with Crippen LogP contribution in [0.25, 0.3) is 6.08 Å². The SMILES string of the molecule is CCOc1cc(/C=C(\C#N)C(=O)Nc2ccc(OCc3ccc(Cl)cc3Cl)cc2)cc(I)c1OCc1ccc(Cl)c(Cl)c1. The average molecular weight is 768 g/mol. The summed E-state index contributed by atoms with van der Waals surface area (Å²) in [7, 11) is 0. The molecular formula is C32H23Cl4IN2O4. The molecule has 0 aliphatic carbocycles. The number of carbonyl (C=O) groups excluding carboxylic acids is 1. The van der Waals surface area contributed by atoms with E-state index in [4.69, 9.17) is 60.6 Å². The molecular weight excluding hydrogens is 745 g/mol. The van der Waals surface area contributed by atoms with Crippen LogP contribution in [0.2, 0.25) is 20.1 Å². The second-order valence-electron chi connectivity index (χ2n) is 8.97. The smallest absolute Gasteiger partial charge is 0.266 e. The first kappa shape index (κ1) is 32.8. The van der Waals surface area contributed by atoms with Crippen LogP contribution in [0.1, 0.15) is 23.6 Å². The number of nitrogens with zero attached hydrogens (tertiary/aromatic N) is 1. The molecule has 4 aromatic carbocycles. The van der Waals surface area contributed by atoms with Gasteiger partial charge in [-0.15, -0.1) is 0 Å². The maximum atomic E-state index is 12.9. The third kappa shape index (κ3) is 9.18. The molecule has 0 saturated carbocycles. The van der Waals surface area contributed by atoms with Crippen molar-refractivity contribution < 1.29 is 19.0 Å². The number of benzene rings is 4. The number of anilines is 1. The zero-order chi connectivity index (χ0) is 30.9. The van der Waals surface area contributed by atoms with Crippen LogP contribution >= 0.6 is 69.0 Å². The van der Waals surface area contributed by atoms with Gasteiger partial charge < -0.3 is 19.5 Å². The van der Waals surface area contributed by atoms with E-state index >= 15 is 0 Å². The molecule has 43 heavy (non-hydrogen) atoms. The van der Waals surface area contributed by atoms with Gasteiger partial charge in [0.25, 0.3) is 5.91 Å². The van der Waals surface area contributed by atoms with Gasteiger partial charge in [0.15, 0.2) is 11.5 Å². The molecule has 0 heterocycles. The van der Waals surface area contributed by atoms with E-state index in [1.54, 1.807) is 66.7 Å². The maximum Gasteiger partial charge on any atom is 0.266 e. The van der Waals surface area contributed by atoms with Crippen LogP contribution < -0.4 is 19.5 Å². The molecule has 0 spiro atoms. The third-order valence-corrected chi connectivity index (χ3v) is 8.02. The van der Waals surface area contributed by atoms with Gasteiger partial charge in [-0.05, 0) is 107 Å². The van der Waals surface area contributed by atoms with E-state index in [1.807, 2.05) is 19.1 Å². The first-order valence-corrected chi connectivity index (χ1v) is 15.4. The zero-order valence-electron chi connectivity index (χ0n) is 22.6. The standard InChI is InChI=1S/C32H23Cl4IN2O4/c1-2-41-30-14-20(13-29(37)31(30)43-17-19-3-10-26(34)28(36)12-19)11-22(16-38)32(40)39-24-6-8-25(9-7-24)42-18-21-4-5-23(33)15-27(21)35/h3-15H,2,17-18H2,1H3,(H,39,40)/b22-11+. The summed E-state index contributed by atoms with van der Waals surface area (Å²) in [5, 5.41) is 14.5. The Morgan fingerprint density at radius 1 is 0.884 bits per heavy atom. The highest BCUT2D eigenvalue weighted by Crippen LogP contribution is 2.36. The molecule has 1 N–H and O–H groups in total. The fraction of sp³-hybridized carbons (Fsp3) is 0.125. The summed E-state index contributed by atoms with van der Waals surface area (Å²) < 4.78 is 18.4. The highest BCUT2D eigenvalue weighted by atomic mass is 127. The first-order chi connectivity index (χ1) is 20.7. The van der Waals surface area contributed by atoms with Crippen molar-refractivity contribution >= 4 is 86.7 Å². The highest BCUT2D eigenvalue weighted by Gasteiger charge is 2.15. The molecule has 4 rings (SSSR count). The fourth-order valence-electron chi connectivity index (χ4n) is 3.81. The van der Waals surface area contributed by atoms with Crippen LogP contribution in [0.4, 0.5) is 5.69 Å².